The summed E-state index contributed by atoms with van der Waals surface area (Å²) in [6, 6.07) is 17.8. The SMILES string of the molecule is CN=C(NCCOc1ccccc1)N(C)Cc1ccccc1OC. The lowest BCUT2D eigenvalue weighted by molar-refractivity contribution is 0.319. The largest absolute Gasteiger partial charge is 0.496 e. The van der Waals surface area contributed by atoms with E-state index in [2.05, 4.69) is 21.3 Å². The van der Waals surface area contributed by atoms with Crippen molar-refractivity contribution < 1.29 is 9.47 Å². The van der Waals surface area contributed by atoms with Gasteiger partial charge in [0.1, 0.15) is 18.1 Å². The summed E-state index contributed by atoms with van der Waals surface area (Å²) in [7, 11) is 5.46. The first kappa shape index (κ1) is 17.7. The number of guanidine groups is 1. The van der Waals surface area contributed by atoms with E-state index in [0.717, 1.165) is 23.0 Å². The van der Waals surface area contributed by atoms with Crippen molar-refractivity contribution in [3.63, 3.8) is 0 Å². The minimum absolute atomic E-state index is 0.575. The van der Waals surface area contributed by atoms with Crippen LogP contribution in [0.4, 0.5) is 0 Å². The predicted molar refractivity (Wildman–Crippen MR) is 97.8 cm³/mol. The molecular formula is C19H25N3O2. The summed E-state index contributed by atoms with van der Waals surface area (Å²) in [5, 5.41) is 3.31. The normalized spacial score (nSPS) is 11.0. The first-order valence-corrected chi connectivity index (χ1v) is 7.96. The predicted octanol–water partition coefficient (Wildman–Crippen LogP) is 2.78. The second-order valence-electron chi connectivity index (χ2n) is 5.30. The van der Waals surface area contributed by atoms with Crippen molar-refractivity contribution in [1.29, 1.82) is 0 Å². The average Bonchev–Trinajstić information content (AvgIpc) is 2.63. The maximum atomic E-state index is 5.68. The van der Waals surface area contributed by atoms with Gasteiger partial charge in [-0.2, -0.15) is 0 Å². The van der Waals surface area contributed by atoms with Gasteiger partial charge in [0.05, 0.1) is 13.7 Å². The number of aliphatic imine (C=N–C) groups is 1. The number of hydrogen-bond acceptors (Lipinski definition) is 3. The van der Waals surface area contributed by atoms with Crippen LogP contribution in [0.25, 0.3) is 0 Å². The molecule has 2 aromatic carbocycles. The molecular weight excluding hydrogens is 302 g/mol. The molecule has 0 spiro atoms. The summed E-state index contributed by atoms with van der Waals surface area (Å²) in [4.78, 5) is 6.38. The molecule has 5 nitrogen and oxygen atoms in total. The molecule has 0 aromatic heterocycles. The molecule has 5 heteroatoms. The van der Waals surface area contributed by atoms with E-state index in [1.54, 1.807) is 14.2 Å². The fourth-order valence-corrected chi connectivity index (χ4v) is 2.40. The molecule has 1 N–H and O–H groups in total. The van der Waals surface area contributed by atoms with Crippen molar-refractivity contribution in [2.24, 2.45) is 4.99 Å². The Balaban J connectivity index is 1.82. The molecule has 0 aliphatic heterocycles. The topological polar surface area (TPSA) is 46.1 Å². The summed E-state index contributed by atoms with van der Waals surface area (Å²) in [5.74, 6) is 2.57. The van der Waals surface area contributed by atoms with Gasteiger partial charge >= 0.3 is 0 Å². The standard InChI is InChI=1S/C19H25N3O2/c1-20-19(21-13-14-24-17-10-5-4-6-11-17)22(2)15-16-9-7-8-12-18(16)23-3/h4-12H,13-15H2,1-3H3,(H,20,21). The van der Waals surface area contributed by atoms with Crippen molar-refractivity contribution in [1.82, 2.24) is 10.2 Å². The van der Waals surface area contributed by atoms with Crippen molar-refractivity contribution >= 4 is 5.96 Å². The molecule has 0 unspecified atom stereocenters. The zero-order valence-electron chi connectivity index (χ0n) is 14.5. The Morgan fingerprint density at radius 2 is 1.79 bits per heavy atom. The Kier molecular flexibility index (Phi) is 6.95. The number of methoxy groups -OCH3 is 1. The third-order valence-electron chi connectivity index (χ3n) is 3.57. The fourth-order valence-electron chi connectivity index (χ4n) is 2.40. The Labute approximate surface area is 143 Å². The summed E-state index contributed by atoms with van der Waals surface area (Å²) >= 11 is 0. The first-order valence-electron chi connectivity index (χ1n) is 7.96. The van der Waals surface area contributed by atoms with Gasteiger partial charge in [-0.1, -0.05) is 36.4 Å². The van der Waals surface area contributed by atoms with Crippen LogP contribution in [0.1, 0.15) is 5.56 Å². The van der Waals surface area contributed by atoms with Gasteiger partial charge in [-0.05, 0) is 18.2 Å². The third-order valence-corrected chi connectivity index (χ3v) is 3.57. The highest BCUT2D eigenvalue weighted by molar-refractivity contribution is 5.79. The highest BCUT2D eigenvalue weighted by Gasteiger charge is 2.09. The van der Waals surface area contributed by atoms with Crippen molar-refractivity contribution in [3.05, 3.63) is 60.2 Å². The maximum Gasteiger partial charge on any atom is 0.193 e. The molecule has 2 rings (SSSR count). The van der Waals surface area contributed by atoms with Gasteiger partial charge in [-0.15, -0.1) is 0 Å². The van der Waals surface area contributed by atoms with E-state index in [-0.39, 0.29) is 0 Å². The number of nitrogens with one attached hydrogen (secondary N) is 1. The van der Waals surface area contributed by atoms with Crippen molar-refractivity contribution in [2.75, 3.05) is 34.4 Å². The lowest BCUT2D eigenvalue weighted by Crippen LogP contribution is -2.40. The van der Waals surface area contributed by atoms with E-state index < -0.39 is 0 Å². The molecule has 128 valence electrons. The van der Waals surface area contributed by atoms with Gasteiger partial charge in [0.15, 0.2) is 5.96 Å². The Bertz CT molecular complexity index is 644. The molecule has 24 heavy (non-hydrogen) atoms. The molecule has 0 heterocycles. The second kappa shape index (κ2) is 9.45. The number of para-hydroxylation sites is 2. The zero-order chi connectivity index (χ0) is 17.2. The monoisotopic (exact) mass is 327 g/mol. The van der Waals surface area contributed by atoms with Crippen LogP contribution in [0.2, 0.25) is 0 Å². The Morgan fingerprint density at radius 3 is 2.50 bits per heavy atom. The summed E-state index contributed by atoms with van der Waals surface area (Å²) in [6.07, 6.45) is 0. The van der Waals surface area contributed by atoms with E-state index in [1.807, 2.05) is 55.6 Å². The molecule has 0 saturated carbocycles. The van der Waals surface area contributed by atoms with Gasteiger partial charge in [0.25, 0.3) is 0 Å². The zero-order valence-corrected chi connectivity index (χ0v) is 14.5. The fraction of sp³-hybridized carbons (Fsp3) is 0.316. The molecule has 0 radical (unpaired) electrons. The molecule has 0 aliphatic carbocycles. The number of hydrogen-bond donors (Lipinski definition) is 1. The molecule has 0 fully saturated rings. The summed E-state index contributed by atoms with van der Waals surface area (Å²) < 4.78 is 11.1. The smallest absolute Gasteiger partial charge is 0.193 e. The van der Waals surface area contributed by atoms with Gasteiger partial charge in [-0.3, -0.25) is 4.99 Å². The molecule has 0 atom stereocenters. The molecule has 0 aliphatic rings. The van der Waals surface area contributed by atoms with Gasteiger partial charge in [-0.25, -0.2) is 0 Å². The van der Waals surface area contributed by atoms with Crippen molar-refractivity contribution in [3.8, 4) is 11.5 Å². The lowest BCUT2D eigenvalue weighted by atomic mass is 10.2. The average molecular weight is 327 g/mol. The first-order chi connectivity index (χ1) is 11.7. The van der Waals surface area contributed by atoms with Crippen LogP contribution in [0.15, 0.2) is 59.6 Å². The number of rotatable bonds is 7. The highest BCUT2D eigenvalue weighted by atomic mass is 16.5. The number of benzene rings is 2. The number of ether oxygens (including phenoxy) is 2. The quantitative estimate of drug-likeness (QED) is 0.482. The minimum Gasteiger partial charge on any atom is -0.496 e. The van der Waals surface area contributed by atoms with Crippen LogP contribution < -0.4 is 14.8 Å². The van der Waals surface area contributed by atoms with E-state index in [9.17, 15) is 0 Å². The van der Waals surface area contributed by atoms with Crippen LogP contribution in [0, 0.1) is 0 Å². The molecule has 0 bridgehead atoms. The Hall–Kier alpha value is -2.69. The molecule has 0 saturated heterocycles. The van der Waals surface area contributed by atoms with Gasteiger partial charge < -0.3 is 19.7 Å². The second-order valence-corrected chi connectivity index (χ2v) is 5.30. The lowest BCUT2D eigenvalue weighted by Gasteiger charge is -2.23. The van der Waals surface area contributed by atoms with Crippen LogP contribution in [0.5, 0.6) is 11.5 Å². The van der Waals surface area contributed by atoms with Crippen LogP contribution in [-0.2, 0) is 6.54 Å². The van der Waals surface area contributed by atoms with E-state index in [4.69, 9.17) is 9.47 Å². The highest BCUT2D eigenvalue weighted by Crippen LogP contribution is 2.18. The van der Waals surface area contributed by atoms with E-state index in [0.29, 0.717) is 19.7 Å². The molecule has 2 aromatic rings. The number of nitrogens with zero attached hydrogens (tertiary/aromatic N) is 2. The maximum absolute atomic E-state index is 5.68. The Morgan fingerprint density at radius 1 is 1.08 bits per heavy atom. The van der Waals surface area contributed by atoms with E-state index >= 15 is 0 Å². The van der Waals surface area contributed by atoms with Gasteiger partial charge in [0.2, 0.25) is 0 Å². The summed E-state index contributed by atoms with van der Waals surface area (Å²) in [5.41, 5.74) is 1.12. The van der Waals surface area contributed by atoms with E-state index in [1.165, 1.54) is 0 Å². The van der Waals surface area contributed by atoms with Crippen molar-refractivity contribution in [2.45, 2.75) is 6.54 Å². The van der Waals surface area contributed by atoms with Gasteiger partial charge in [0, 0.05) is 26.2 Å². The molecule has 0 amide bonds. The van der Waals surface area contributed by atoms with Crippen LogP contribution >= 0.6 is 0 Å². The third kappa shape index (κ3) is 5.19. The van der Waals surface area contributed by atoms with Crippen LogP contribution in [0.3, 0.4) is 0 Å². The minimum atomic E-state index is 0.575. The van der Waals surface area contributed by atoms with Crippen LogP contribution in [-0.4, -0.2) is 45.2 Å². The summed E-state index contributed by atoms with van der Waals surface area (Å²) in [6.45, 7) is 1.96.